The fourth-order valence-electron chi connectivity index (χ4n) is 3.70. The maximum absolute atomic E-state index is 12.9. The number of ether oxygens (including phenoxy) is 1. The van der Waals surface area contributed by atoms with Gasteiger partial charge in [-0.1, -0.05) is 48.0 Å². The van der Waals surface area contributed by atoms with Gasteiger partial charge in [0.1, 0.15) is 16.5 Å². The number of anilines is 2. The Bertz CT molecular complexity index is 1880. The fourth-order valence-corrected chi connectivity index (χ4v) is 5.74. The molecule has 0 aliphatic carbocycles. The molecule has 10 nitrogen and oxygen atoms in total. The third kappa shape index (κ3) is 7.14. The number of hydrogen-bond acceptors (Lipinski definition) is 8. The maximum atomic E-state index is 12.9. The molecule has 0 aliphatic rings. The van der Waals surface area contributed by atoms with Crippen LogP contribution in [-0.2, 0) is 24.9 Å². The van der Waals surface area contributed by atoms with Crippen molar-refractivity contribution in [1.29, 1.82) is 5.26 Å². The van der Waals surface area contributed by atoms with Gasteiger partial charge in [0.15, 0.2) is 11.5 Å². The number of amides is 1. The fraction of sp³-hybridized carbons (Fsp3) is 0.0667. The number of aryl methyl sites for hydroxylation is 1. The Morgan fingerprint density at radius 3 is 2.07 bits per heavy atom. The van der Waals surface area contributed by atoms with Crippen LogP contribution in [0.25, 0.3) is 6.08 Å². The molecule has 0 unspecified atom stereocenters. The van der Waals surface area contributed by atoms with Crippen LogP contribution >= 0.6 is 0 Å². The number of methoxy groups -OCH3 is 1. The molecule has 214 valence electrons. The zero-order valence-corrected chi connectivity index (χ0v) is 24.1. The zero-order valence-electron chi connectivity index (χ0n) is 22.4. The van der Waals surface area contributed by atoms with E-state index in [0.29, 0.717) is 5.69 Å². The Labute approximate surface area is 244 Å². The predicted octanol–water partition coefficient (Wildman–Crippen LogP) is 5.12. The van der Waals surface area contributed by atoms with E-state index in [2.05, 4.69) is 10.0 Å². The van der Waals surface area contributed by atoms with Crippen LogP contribution in [0.15, 0.2) is 112 Å². The normalized spacial score (nSPS) is 11.7. The molecule has 0 atom stereocenters. The highest BCUT2D eigenvalue weighted by atomic mass is 32.2. The predicted molar refractivity (Wildman–Crippen MR) is 158 cm³/mol. The quantitative estimate of drug-likeness (QED) is 0.144. The maximum Gasteiger partial charge on any atom is 0.339 e. The minimum atomic E-state index is -4.26. The van der Waals surface area contributed by atoms with Gasteiger partial charge in [0.05, 0.1) is 12.0 Å². The molecule has 0 heterocycles. The molecule has 0 saturated heterocycles. The van der Waals surface area contributed by atoms with Crippen molar-refractivity contribution in [3.05, 3.63) is 114 Å². The number of nitrogens with one attached hydrogen (secondary N) is 2. The molecule has 0 spiro atoms. The third-order valence-electron chi connectivity index (χ3n) is 5.85. The van der Waals surface area contributed by atoms with Gasteiger partial charge in [0.2, 0.25) is 0 Å². The Balaban J connectivity index is 1.55. The highest BCUT2D eigenvalue weighted by Gasteiger charge is 2.22. The highest BCUT2D eigenvalue weighted by molar-refractivity contribution is 7.92. The molecule has 4 aromatic rings. The van der Waals surface area contributed by atoms with E-state index in [-0.39, 0.29) is 38.1 Å². The van der Waals surface area contributed by atoms with E-state index in [9.17, 15) is 26.9 Å². The number of carbonyl (C=O) groups is 1. The van der Waals surface area contributed by atoms with Gasteiger partial charge in [-0.25, -0.2) is 8.42 Å². The van der Waals surface area contributed by atoms with Crippen molar-refractivity contribution in [3.63, 3.8) is 0 Å². The lowest BCUT2D eigenvalue weighted by Crippen LogP contribution is -2.15. The van der Waals surface area contributed by atoms with Crippen molar-refractivity contribution in [2.45, 2.75) is 16.7 Å². The van der Waals surface area contributed by atoms with Gasteiger partial charge < -0.3 is 14.2 Å². The summed E-state index contributed by atoms with van der Waals surface area (Å²) in [6.07, 6.45) is 1.16. The van der Waals surface area contributed by atoms with Crippen molar-refractivity contribution in [3.8, 4) is 17.6 Å². The summed E-state index contributed by atoms with van der Waals surface area (Å²) in [5, 5.41) is 12.2. The first-order valence-corrected chi connectivity index (χ1v) is 15.2. The number of hydrogen-bond donors (Lipinski definition) is 2. The van der Waals surface area contributed by atoms with Crippen molar-refractivity contribution >= 4 is 43.5 Å². The number of nitriles is 1. The van der Waals surface area contributed by atoms with Gasteiger partial charge in [0, 0.05) is 16.9 Å². The smallest absolute Gasteiger partial charge is 0.339 e. The van der Waals surface area contributed by atoms with Crippen LogP contribution in [0.1, 0.15) is 11.1 Å². The van der Waals surface area contributed by atoms with E-state index in [1.54, 1.807) is 54.6 Å². The molecule has 12 heteroatoms. The standard InChI is InChI=1S/C30H25N3O7S2/c1-21-11-13-25(14-12-21)33-41(35,36)26-17-15-24(16-18-26)32-30(34)23(20-31)19-22-7-6-10-28(39-2)29(22)40-42(37,38)27-8-4-3-5-9-27/h3-19,33H,1-2H3,(H,32,34)/b23-19+. The van der Waals surface area contributed by atoms with E-state index in [1.807, 2.05) is 6.92 Å². The molecular weight excluding hydrogens is 578 g/mol. The number of carbonyl (C=O) groups excluding carboxylic acids is 1. The average Bonchev–Trinajstić information content (AvgIpc) is 2.98. The molecule has 1 amide bonds. The minimum absolute atomic E-state index is 0.0325. The van der Waals surface area contributed by atoms with Crippen molar-refractivity contribution in [2.24, 2.45) is 0 Å². The molecule has 4 aromatic carbocycles. The van der Waals surface area contributed by atoms with Crippen LogP contribution in [0.2, 0.25) is 0 Å². The molecule has 0 saturated carbocycles. The summed E-state index contributed by atoms with van der Waals surface area (Å²) >= 11 is 0. The lowest BCUT2D eigenvalue weighted by Gasteiger charge is -2.13. The van der Waals surface area contributed by atoms with Crippen LogP contribution in [0.4, 0.5) is 11.4 Å². The first-order chi connectivity index (χ1) is 20.0. The third-order valence-corrected chi connectivity index (χ3v) is 8.48. The van der Waals surface area contributed by atoms with Crippen LogP contribution in [0.5, 0.6) is 11.5 Å². The topological polar surface area (TPSA) is 152 Å². The summed E-state index contributed by atoms with van der Waals surface area (Å²) in [4.78, 5) is 12.8. The molecule has 4 rings (SSSR count). The minimum Gasteiger partial charge on any atom is -0.493 e. The Morgan fingerprint density at radius 1 is 0.810 bits per heavy atom. The van der Waals surface area contributed by atoms with Gasteiger partial charge in [-0.15, -0.1) is 0 Å². The largest absolute Gasteiger partial charge is 0.493 e. The van der Waals surface area contributed by atoms with Gasteiger partial charge >= 0.3 is 10.1 Å². The second-order valence-corrected chi connectivity index (χ2v) is 12.1. The number of nitrogens with zero attached hydrogens (tertiary/aromatic N) is 1. The summed E-state index contributed by atoms with van der Waals surface area (Å²) in [6, 6.07) is 26.0. The molecule has 0 fully saturated rings. The second kappa shape index (κ2) is 12.6. The molecular formula is C30H25N3O7S2. The summed E-state index contributed by atoms with van der Waals surface area (Å²) < 4.78 is 64.4. The zero-order chi connectivity index (χ0) is 30.3. The van der Waals surface area contributed by atoms with Crippen LogP contribution in [0, 0.1) is 18.3 Å². The van der Waals surface area contributed by atoms with Crippen molar-refractivity contribution in [1.82, 2.24) is 0 Å². The van der Waals surface area contributed by atoms with E-state index in [1.165, 1.54) is 55.6 Å². The van der Waals surface area contributed by atoms with Crippen molar-refractivity contribution < 1.29 is 30.6 Å². The molecule has 0 radical (unpaired) electrons. The summed E-state index contributed by atoms with van der Waals surface area (Å²) in [5.74, 6) is -0.956. The number of para-hydroxylation sites is 1. The Kier molecular flexibility index (Phi) is 8.95. The lowest BCUT2D eigenvalue weighted by molar-refractivity contribution is -0.112. The summed E-state index contributed by atoms with van der Waals surface area (Å²) in [6.45, 7) is 1.89. The monoisotopic (exact) mass is 603 g/mol. The highest BCUT2D eigenvalue weighted by Crippen LogP contribution is 2.35. The molecule has 0 aromatic heterocycles. The first-order valence-electron chi connectivity index (χ1n) is 12.3. The molecule has 0 aliphatic heterocycles. The van der Waals surface area contributed by atoms with Crippen molar-refractivity contribution in [2.75, 3.05) is 17.1 Å². The number of benzene rings is 4. The van der Waals surface area contributed by atoms with E-state index >= 15 is 0 Å². The molecule has 42 heavy (non-hydrogen) atoms. The van der Waals surface area contributed by atoms with Gasteiger partial charge in [-0.05, 0) is 67.6 Å². The first kappa shape index (κ1) is 29.9. The van der Waals surface area contributed by atoms with E-state index in [4.69, 9.17) is 8.92 Å². The number of rotatable bonds is 10. The van der Waals surface area contributed by atoms with Gasteiger partial charge in [-0.2, -0.15) is 13.7 Å². The summed E-state index contributed by atoms with van der Waals surface area (Å²) in [7, 11) is -6.82. The van der Waals surface area contributed by atoms with Gasteiger partial charge in [0.25, 0.3) is 15.9 Å². The van der Waals surface area contributed by atoms with Crippen LogP contribution in [0.3, 0.4) is 0 Å². The SMILES string of the molecule is COc1cccc(/C=C(\C#N)C(=O)Nc2ccc(S(=O)(=O)Nc3ccc(C)cc3)cc2)c1OS(=O)(=O)c1ccccc1. The summed E-state index contributed by atoms with van der Waals surface area (Å²) in [5.41, 5.74) is 1.34. The second-order valence-electron chi connectivity index (χ2n) is 8.85. The van der Waals surface area contributed by atoms with E-state index < -0.39 is 26.0 Å². The molecule has 2 N–H and O–H groups in total. The van der Waals surface area contributed by atoms with Crippen LogP contribution in [-0.4, -0.2) is 29.9 Å². The lowest BCUT2D eigenvalue weighted by atomic mass is 10.1. The Hall–Kier alpha value is -5.12. The van der Waals surface area contributed by atoms with E-state index in [0.717, 1.165) is 11.6 Å². The number of sulfonamides is 1. The molecule has 0 bridgehead atoms. The van der Waals surface area contributed by atoms with Gasteiger partial charge in [-0.3, -0.25) is 9.52 Å². The van der Waals surface area contributed by atoms with Crippen LogP contribution < -0.4 is 19.0 Å². The average molecular weight is 604 g/mol. The Morgan fingerprint density at radius 2 is 1.45 bits per heavy atom.